The summed E-state index contributed by atoms with van der Waals surface area (Å²) in [6, 6.07) is 2.35. The third-order valence-corrected chi connectivity index (χ3v) is 1.79. The zero-order chi connectivity index (χ0) is 11.4. The molecule has 0 aromatic carbocycles. The third kappa shape index (κ3) is 2.63. The van der Waals surface area contributed by atoms with Crippen LogP contribution in [-0.4, -0.2) is 22.5 Å². The molecule has 0 saturated heterocycles. The molecular formula is C8H7ClN2O4. The maximum absolute atomic E-state index is 11.2. The van der Waals surface area contributed by atoms with Crippen LogP contribution < -0.4 is 0 Å². The van der Waals surface area contributed by atoms with Gasteiger partial charge in [-0.2, -0.15) is 0 Å². The lowest BCUT2D eigenvalue weighted by molar-refractivity contribution is -0.389. The van der Waals surface area contributed by atoms with E-state index in [4.69, 9.17) is 11.6 Å². The molecule has 0 atom stereocenters. The Morgan fingerprint density at radius 2 is 2.33 bits per heavy atom. The predicted octanol–water partition coefficient (Wildman–Crippen LogP) is 1.82. The van der Waals surface area contributed by atoms with Gasteiger partial charge in [0, 0.05) is 6.07 Å². The first-order chi connectivity index (χ1) is 7.06. The van der Waals surface area contributed by atoms with Crippen molar-refractivity contribution < 1.29 is 14.5 Å². The summed E-state index contributed by atoms with van der Waals surface area (Å²) in [5.74, 6) is -1.21. The molecule has 80 valence electrons. The number of aromatic nitrogens is 1. The number of rotatable bonds is 3. The first-order valence-electron chi connectivity index (χ1n) is 4.04. The largest absolute Gasteiger partial charge is 0.460 e. The minimum absolute atomic E-state index is 0.0269. The molecule has 0 aliphatic carbocycles. The Balaban J connectivity index is 3.10. The molecule has 0 radical (unpaired) electrons. The summed E-state index contributed by atoms with van der Waals surface area (Å²) in [6.45, 7) is 1.77. The number of halogens is 1. The molecule has 0 spiro atoms. The monoisotopic (exact) mass is 230 g/mol. The van der Waals surface area contributed by atoms with E-state index in [0.717, 1.165) is 6.07 Å². The molecule has 0 aliphatic heterocycles. The smallest absolute Gasteiger partial charge is 0.384 e. The minimum Gasteiger partial charge on any atom is -0.460 e. The van der Waals surface area contributed by atoms with Gasteiger partial charge in [-0.3, -0.25) is 0 Å². The van der Waals surface area contributed by atoms with Crippen molar-refractivity contribution in [1.29, 1.82) is 0 Å². The Morgan fingerprint density at radius 1 is 1.67 bits per heavy atom. The zero-order valence-corrected chi connectivity index (χ0v) is 8.52. The van der Waals surface area contributed by atoms with Crippen molar-refractivity contribution in [2.75, 3.05) is 6.61 Å². The van der Waals surface area contributed by atoms with Crippen molar-refractivity contribution in [3.05, 3.63) is 33.0 Å². The fraction of sp³-hybridized carbons (Fsp3) is 0.250. The number of esters is 1. The molecule has 0 saturated carbocycles. The topological polar surface area (TPSA) is 82.3 Å². The number of hydrogen-bond acceptors (Lipinski definition) is 5. The first-order valence-corrected chi connectivity index (χ1v) is 4.42. The molecule has 7 heteroatoms. The molecule has 15 heavy (non-hydrogen) atoms. The average molecular weight is 231 g/mol. The van der Waals surface area contributed by atoms with Crippen LogP contribution in [-0.2, 0) is 4.74 Å². The van der Waals surface area contributed by atoms with Gasteiger partial charge >= 0.3 is 11.8 Å². The van der Waals surface area contributed by atoms with Crippen molar-refractivity contribution in [2.45, 2.75) is 6.92 Å². The van der Waals surface area contributed by atoms with Gasteiger partial charge < -0.3 is 14.9 Å². The number of ether oxygens (including phenoxy) is 1. The fourth-order valence-corrected chi connectivity index (χ4v) is 1.06. The van der Waals surface area contributed by atoms with Crippen molar-refractivity contribution >= 4 is 23.4 Å². The number of hydrogen-bond donors (Lipinski definition) is 0. The summed E-state index contributed by atoms with van der Waals surface area (Å²) in [6.07, 6.45) is 0. The van der Waals surface area contributed by atoms with Gasteiger partial charge in [0.1, 0.15) is 0 Å². The average Bonchev–Trinajstić information content (AvgIpc) is 2.18. The van der Waals surface area contributed by atoms with E-state index in [-0.39, 0.29) is 17.3 Å². The SMILES string of the molecule is CCOC(=O)c1nc([N+](=O)[O-])ccc1Cl. The molecule has 0 bridgehead atoms. The number of pyridine rings is 1. The highest BCUT2D eigenvalue weighted by molar-refractivity contribution is 6.33. The van der Waals surface area contributed by atoms with Crippen LogP contribution in [0, 0.1) is 10.1 Å². The van der Waals surface area contributed by atoms with E-state index < -0.39 is 16.7 Å². The molecule has 0 unspecified atom stereocenters. The minimum atomic E-state index is -0.772. The first kappa shape index (κ1) is 11.4. The number of carbonyl (C=O) groups is 1. The van der Waals surface area contributed by atoms with Gasteiger partial charge in [0.2, 0.25) is 0 Å². The summed E-state index contributed by atoms with van der Waals surface area (Å²) >= 11 is 5.65. The van der Waals surface area contributed by atoms with Crippen LogP contribution in [0.1, 0.15) is 17.4 Å². The number of carbonyl (C=O) groups excluding carboxylic acids is 1. The second-order valence-electron chi connectivity index (χ2n) is 2.48. The lowest BCUT2D eigenvalue weighted by Crippen LogP contribution is -2.09. The van der Waals surface area contributed by atoms with E-state index in [9.17, 15) is 14.9 Å². The van der Waals surface area contributed by atoms with Gasteiger partial charge in [-0.05, 0) is 22.9 Å². The van der Waals surface area contributed by atoms with Crippen LogP contribution >= 0.6 is 11.6 Å². The van der Waals surface area contributed by atoms with Gasteiger partial charge in [-0.1, -0.05) is 11.6 Å². The third-order valence-electron chi connectivity index (χ3n) is 1.49. The van der Waals surface area contributed by atoms with Crippen LogP contribution in [0.3, 0.4) is 0 Å². The summed E-state index contributed by atoms with van der Waals surface area (Å²) in [4.78, 5) is 24.4. The number of nitro groups is 1. The van der Waals surface area contributed by atoms with Gasteiger partial charge in [-0.25, -0.2) is 4.79 Å². The summed E-state index contributed by atoms with van der Waals surface area (Å²) in [5, 5.41) is 10.4. The molecule has 0 amide bonds. The van der Waals surface area contributed by atoms with Gasteiger partial charge in [0.05, 0.1) is 11.6 Å². The van der Waals surface area contributed by atoms with E-state index in [1.807, 2.05) is 0 Å². The summed E-state index contributed by atoms with van der Waals surface area (Å²) < 4.78 is 4.64. The quantitative estimate of drug-likeness (QED) is 0.449. The maximum Gasteiger partial charge on any atom is 0.384 e. The fourth-order valence-electron chi connectivity index (χ4n) is 0.876. The predicted molar refractivity (Wildman–Crippen MR) is 51.9 cm³/mol. The Hall–Kier alpha value is -1.69. The van der Waals surface area contributed by atoms with Crippen LogP contribution in [0.4, 0.5) is 5.82 Å². The molecule has 1 heterocycles. The van der Waals surface area contributed by atoms with Crippen molar-refractivity contribution in [2.24, 2.45) is 0 Å². The molecule has 6 nitrogen and oxygen atoms in total. The number of nitrogens with zero attached hydrogens (tertiary/aromatic N) is 2. The van der Waals surface area contributed by atoms with Crippen molar-refractivity contribution in [3.63, 3.8) is 0 Å². The zero-order valence-electron chi connectivity index (χ0n) is 7.77. The van der Waals surface area contributed by atoms with Gasteiger partial charge in [0.25, 0.3) is 5.69 Å². The van der Waals surface area contributed by atoms with Crippen LogP contribution in [0.25, 0.3) is 0 Å². The van der Waals surface area contributed by atoms with Crippen LogP contribution in [0.2, 0.25) is 5.02 Å². The van der Waals surface area contributed by atoms with E-state index >= 15 is 0 Å². The molecular weight excluding hydrogens is 224 g/mol. The molecule has 0 aliphatic rings. The van der Waals surface area contributed by atoms with Crippen molar-refractivity contribution in [3.8, 4) is 0 Å². The highest BCUT2D eigenvalue weighted by Crippen LogP contribution is 2.18. The molecule has 0 N–H and O–H groups in total. The Bertz CT molecular complexity index is 408. The maximum atomic E-state index is 11.2. The van der Waals surface area contributed by atoms with Gasteiger partial charge in [-0.15, -0.1) is 0 Å². The lowest BCUT2D eigenvalue weighted by atomic mass is 10.3. The summed E-state index contributed by atoms with van der Waals surface area (Å²) in [7, 11) is 0. The lowest BCUT2D eigenvalue weighted by Gasteiger charge is -1.99. The highest BCUT2D eigenvalue weighted by atomic mass is 35.5. The standard InChI is InChI=1S/C8H7ClN2O4/c1-2-15-8(12)7-5(9)3-4-6(10-7)11(13)14/h3-4H,2H2,1H3. The van der Waals surface area contributed by atoms with E-state index in [1.54, 1.807) is 6.92 Å². The van der Waals surface area contributed by atoms with E-state index in [0.29, 0.717) is 0 Å². The molecule has 1 aromatic rings. The van der Waals surface area contributed by atoms with Gasteiger partial charge in [0.15, 0.2) is 0 Å². The Morgan fingerprint density at radius 3 is 2.87 bits per heavy atom. The summed E-state index contributed by atoms with van der Waals surface area (Å²) in [5.41, 5.74) is -0.243. The van der Waals surface area contributed by atoms with Crippen LogP contribution in [0.15, 0.2) is 12.1 Å². The van der Waals surface area contributed by atoms with Crippen molar-refractivity contribution in [1.82, 2.24) is 4.98 Å². The second-order valence-corrected chi connectivity index (χ2v) is 2.88. The normalized spacial score (nSPS) is 9.73. The Labute approximate surface area is 90.0 Å². The Kier molecular flexibility index (Phi) is 3.56. The molecule has 0 fully saturated rings. The van der Waals surface area contributed by atoms with Crippen LogP contribution in [0.5, 0.6) is 0 Å². The molecule has 1 aromatic heterocycles. The van der Waals surface area contributed by atoms with E-state index in [2.05, 4.69) is 9.72 Å². The molecule has 1 rings (SSSR count). The second kappa shape index (κ2) is 4.70. The highest BCUT2D eigenvalue weighted by Gasteiger charge is 2.22. The van der Waals surface area contributed by atoms with E-state index in [1.165, 1.54) is 6.07 Å².